The van der Waals surface area contributed by atoms with E-state index in [1.807, 2.05) is 0 Å². The molecule has 220 valence electrons. The zero-order valence-electron chi connectivity index (χ0n) is 21.4. The first-order chi connectivity index (χ1) is 19.7. The van der Waals surface area contributed by atoms with Crippen molar-refractivity contribution in [1.29, 1.82) is 0 Å². The van der Waals surface area contributed by atoms with Gasteiger partial charge in [-0.15, -0.1) is 0 Å². The Bertz CT molecular complexity index is 1630. The van der Waals surface area contributed by atoms with Gasteiger partial charge in [-0.05, 0) is 59.3 Å². The maximum Gasteiger partial charge on any atom is 0.416 e. The molecule has 1 unspecified atom stereocenters. The Balaban J connectivity index is 1.74. The van der Waals surface area contributed by atoms with Gasteiger partial charge in [0.2, 0.25) is 5.89 Å². The van der Waals surface area contributed by atoms with E-state index in [1.165, 1.54) is 0 Å². The van der Waals surface area contributed by atoms with Crippen LogP contribution in [0.3, 0.4) is 0 Å². The van der Waals surface area contributed by atoms with Crippen LogP contribution in [0.4, 0.5) is 26.7 Å². The zero-order valence-corrected chi connectivity index (χ0v) is 23.0. The van der Waals surface area contributed by atoms with E-state index in [0.717, 1.165) is 41.3 Å². The average molecular weight is 654 g/mol. The summed E-state index contributed by atoms with van der Waals surface area (Å²) < 4.78 is 79.4. The topological polar surface area (TPSA) is 135 Å². The maximum absolute atomic E-state index is 15.1. The molecule has 2 N–H and O–H groups in total. The number of primary amides is 1. The number of rotatable bonds is 9. The van der Waals surface area contributed by atoms with Crippen molar-refractivity contribution < 1.29 is 45.8 Å². The first-order valence-corrected chi connectivity index (χ1v) is 12.7. The summed E-state index contributed by atoms with van der Waals surface area (Å²) in [5.74, 6) is -5.16. The fraction of sp³-hybridized carbons (Fsp3) is 0.185. The van der Waals surface area contributed by atoms with Crippen LogP contribution in [0, 0.1) is 18.6 Å². The van der Waals surface area contributed by atoms with Crippen LogP contribution in [0.5, 0.6) is 5.75 Å². The first-order valence-electron chi connectivity index (χ1n) is 11.9. The second-order valence-corrected chi connectivity index (χ2v) is 9.59. The maximum atomic E-state index is 15.1. The van der Waals surface area contributed by atoms with Crippen molar-refractivity contribution in [3.63, 3.8) is 0 Å². The molecule has 0 radical (unpaired) electrons. The number of oxazole rings is 1. The van der Waals surface area contributed by atoms with Gasteiger partial charge in [0.1, 0.15) is 23.2 Å². The lowest BCUT2D eigenvalue weighted by Gasteiger charge is -2.28. The lowest BCUT2D eigenvalue weighted by molar-refractivity contribution is -0.267. The fourth-order valence-corrected chi connectivity index (χ4v) is 4.39. The molecule has 15 heteroatoms. The van der Waals surface area contributed by atoms with Crippen LogP contribution in [0.2, 0.25) is 0 Å². The highest BCUT2D eigenvalue weighted by atomic mass is 79.9. The lowest BCUT2D eigenvalue weighted by Crippen LogP contribution is -2.44. The number of aryl methyl sites for hydroxylation is 1. The van der Waals surface area contributed by atoms with Crippen molar-refractivity contribution in [2.24, 2.45) is 5.73 Å². The molecule has 0 bridgehead atoms. The molecular weight excluding hydrogens is 635 g/mol. The van der Waals surface area contributed by atoms with Gasteiger partial charge in [-0.1, -0.05) is 18.2 Å². The van der Waals surface area contributed by atoms with Crippen LogP contribution in [0.25, 0.3) is 11.3 Å². The Labute approximate surface area is 242 Å². The molecule has 0 saturated heterocycles. The molecule has 0 fully saturated rings. The number of hydrogen-bond donors (Lipinski definition) is 1. The Morgan fingerprint density at radius 1 is 1.10 bits per heavy atom. The number of pyridine rings is 1. The molecule has 1 atom stereocenters. The summed E-state index contributed by atoms with van der Waals surface area (Å²) in [5.41, 5.74) is 4.23. The third kappa shape index (κ3) is 6.84. The van der Waals surface area contributed by atoms with Crippen molar-refractivity contribution in [3.8, 4) is 17.0 Å². The minimum absolute atomic E-state index is 0.0186. The number of carbonyl (C=O) groups excluding carboxylic acids is 2. The van der Waals surface area contributed by atoms with Crippen LogP contribution < -0.4 is 15.6 Å². The van der Waals surface area contributed by atoms with Crippen LogP contribution in [0.1, 0.15) is 39.3 Å². The van der Waals surface area contributed by atoms with Crippen LogP contribution in [0.15, 0.2) is 63.7 Å². The van der Waals surface area contributed by atoms with Gasteiger partial charge in [0, 0.05) is 11.3 Å². The number of aromatic nitrogens is 2. The second kappa shape index (κ2) is 12.1. The molecule has 0 aliphatic carbocycles. The molecule has 4 aromatic rings. The molecule has 2 aromatic heterocycles. The number of nitrogens with zero attached hydrogens (tertiary/aromatic N) is 3. The number of carboxylic acid groups (broad SMARTS) is 1. The highest BCUT2D eigenvalue weighted by Gasteiger charge is 2.31. The summed E-state index contributed by atoms with van der Waals surface area (Å²) in [6, 6.07) is 10.4. The van der Waals surface area contributed by atoms with E-state index < -0.39 is 59.3 Å². The van der Waals surface area contributed by atoms with Gasteiger partial charge < -0.3 is 29.7 Å². The quantitative estimate of drug-likeness (QED) is 0.246. The number of carbonyl (C=O) groups is 2. The molecular formula is C27H19BrF5N4O5-. The van der Waals surface area contributed by atoms with Crippen molar-refractivity contribution in [2.45, 2.75) is 25.7 Å². The minimum atomic E-state index is -4.58. The van der Waals surface area contributed by atoms with Gasteiger partial charge >= 0.3 is 6.18 Å². The largest absolute Gasteiger partial charge is 0.530 e. The number of benzene rings is 2. The van der Waals surface area contributed by atoms with Gasteiger partial charge in [-0.3, -0.25) is 9.78 Å². The second-order valence-electron chi connectivity index (χ2n) is 8.87. The van der Waals surface area contributed by atoms with Crippen LogP contribution in [-0.4, -0.2) is 33.4 Å². The number of nitrogens with two attached hydrogens (primary N) is 1. The molecule has 0 aliphatic heterocycles. The molecule has 2 heterocycles. The van der Waals surface area contributed by atoms with Crippen molar-refractivity contribution in [3.05, 3.63) is 99.3 Å². The summed E-state index contributed by atoms with van der Waals surface area (Å²) in [4.78, 5) is 32.9. The minimum Gasteiger partial charge on any atom is -0.530 e. The summed E-state index contributed by atoms with van der Waals surface area (Å²) in [7, 11) is 0. The Hall–Kier alpha value is -4.53. The van der Waals surface area contributed by atoms with E-state index in [-0.39, 0.29) is 28.4 Å². The van der Waals surface area contributed by atoms with E-state index in [0.29, 0.717) is 11.4 Å². The van der Waals surface area contributed by atoms with Gasteiger partial charge in [0.15, 0.2) is 22.3 Å². The number of halogens is 6. The van der Waals surface area contributed by atoms with E-state index in [4.69, 9.17) is 14.9 Å². The first kappa shape index (κ1) is 30.4. The molecule has 0 aliphatic rings. The van der Waals surface area contributed by atoms with Gasteiger partial charge in [0.05, 0.1) is 24.3 Å². The summed E-state index contributed by atoms with van der Waals surface area (Å²) in [5, 5.41) is 12.1. The molecule has 0 spiro atoms. The standard InChI is InChI=1S/C27H20BrF5N4O5/c1-13-3-2-4-16(35-13)11-37(26(39)40)12-19(41-18-10-9-17(29)20(21(18)30)24(34)38)25-36-22(23(28)42-25)14-5-7-15(8-6-14)27(31,32)33/h2-10,19H,11-12H2,1H3,(H2,34,38)(H,39,40)/p-1. The number of hydrogen-bond acceptors (Lipinski definition) is 7. The monoisotopic (exact) mass is 653 g/mol. The third-order valence-corrected chi connectivity index (χ3v) is 6.42. The Morgan fingerprint density at radius 3 is 2.38 bits per heavy atom. The molecule has 42 heavy (non-hydrogen) atoms. The highest BCUT2D eigenvalue weighted by Crippen LogP contribution is 2.36. The van der Waals surface area contributed by atoms with E-state index in [1.54, 1.807) is 25.1 Å². The van der Waals surface area contributed by atoms with E-state index in [9.17, 15) is 32.3 Å². The SMILES string of the molecule is Cc1cccc(CN(CC(Oc2ccc(F)c(C(N)=O)c2F)c2nc(-c3ccc(C(F)(F)F)cc3)c(Br)o2)C(=O)[O-])n1. The summed E-state index contributed by atoms with van der Waals surface area (Å²) in [6.07, 6.45) is -7.79. The van der Waals surface area contributed by atoms with E-state index >= 15 is 4.39 Å². The van der Waals surface area contributed by atoms with Gasteiger partial charge in [0.25, 0.3) is 5.91 Å². The Kier molecular flexibility index (Phi) is 8.80. The summed E-state index contributed by atoms with van der Waals surface area (Å²) in [6.45, 7) is 0.801. The fourth-order valence-electron chi connectivity index (χ4n) is 3.91. The zero-order chi connectivity index (χ0) is 30.8. The summed E-state index contributed by atoms with van der Waals surface area (Å²) >= 11 is 3.13. The number of ether oxygens (including phenoxy) is 1. The Morgan fingerprint density at radius 2 is 1.79 bits per heavy atom. The van der Waals surface area contributed by atoms with Crippen LogP contribution in [-0.2, 0) is 12.7 Å². The normalized spacial score (nSPS) is 12.2. The predicted octanol–water partition coefficient (Wildman–Crippen LogP) is 5.17. The van der Waals surface area contributed by atoms with Crippen molar-refractivity contribution in [2.75, 3.05) is 6.54 Å². The average Bonchev–Trinajstić information content (AvgIpc) is 3.30. The van der Waals surface area contributed by atoms with Crippen LogP contribution >= 0.6 is 15.9 Å². The van der Waals surface area contributed by atoms with Crippen molar-refractivity contribution in [1.82, 2.24) is 14.9 Å². The van der Waals surface area contributed by atoms with Gasteiger partial charge in [-0.25, -0.2) is 13.8 Å². The molecule has 2 amide bonds. The van der Waals surface area contributed by atoms with E-state index in [2.05, 4.69) is 25.9 Å². The van der Waals surface area contributed by atoms with Crippen molar-refractivity contribution >= 4 is 27.9 Å². The number of alkyl halides is 3. The molecule has 2 aromatic carbocycles. The molecule has 4 rings (SSSR count). The number of amides is 2. The lowest BCUT2D eigenvalue weighted by atomic mass is 10.1. The smallest absolute Gasteiger partial charge is 0.416 e. The highest BCUT2D eigenvalue weighted by molar-refractivity contribution is 9.10. The third-order valence-electron chi connectivity index (χ3n) is 5.88. The molecule has 0 saturated carbocycles. The van der Waals surface area contributed by atoms with Gasteiger partial charge in [-0.2, -0.15) is 13.2 Å². The molecule has 9 nitrogen and oxygen atoms in total. The predicted molar refractivity (Wildman–Crippen MR) is 138 cm³/mol.